The van der Waals surface area contributed by atoms with Crippen molar-refractivity contribution in [3.8, 4) is 100 Å². The molecule has 0 fully saturated rings. The van der Waals surface area contributed by atoms with Crippen molar-refractivity contribution >= 4 is 57.2 Å². The minimum Gasteiger partial charge on any atom is -0.310 e. The third-order valence-corrected chi connectivity index (χ3v) is 19.7. The fraction of sp³-hybridized carbons (Fsp3) is 0.0110. The fourth-order valence-corrected chi connectivity index (χ4v) is 15.5. The van der Waals surface area contributed by atoms with Crippen LogP contribution in [0.2, 0.25) is 0 Å². The van der Waals surface area contributed by atoms with E-state index in [-0.39, 0.29) is 12.6 Å². The largest absolute Gasteiger partial charge is 0.310 e. The van der Waals surface area contributed by atoms with E-state index in [0.717, 1.165) is 101 Å². The first-order valence-electron chi connectivity index (χ1n) is 32.7. The van der Waals surface area contributed by atoms with Crippen LogP contribution < -0.4 is 26.2 Å². The van der Waals surface area contributed by atoms with Gasteiger partial charge in [0.05, 0.1) is 11.4 Å². The topological polar surface area (TPSA) is 6.48 Å². The van der Waals surface area contributed by atoms with Crippen molar-refractivity contribution in [1.29, 1.82) is 0 Å². The number of nitrogens with zero attached hydrogens (tertiary/aromatic N) is 2. The van der Waals surface area contributed by atoms with E-state index in [0.29, 0.717) is 0 Å². The number of hydrogen-bond acceptors (Lipinski definition) is 2. The Kier molecular flexibility index (Phi) is 13.4. The number of fused-ring (bicyclic) bond motifs is 7. The van der Waals surface area contributed by atoms with Crippen molar-refractivity contribution in [3.05, 3.63) is 381 Å². The summed E-state index contributed by atoms with van der Waals surface area (Å²) in [5.41, 5.74) is 35.4. The lowest BCUT2D eigenvalue weighted by molar-refractivity contribution is 1.01. The molecule has 2 aliphatic heterocycles. The van der Waals surface area contributed by atoms with Crippen molar-refractivity contribution < 1.29 is 0 Å². The summed E-state index contributed by atoms with van der Waals surface area (Å²) < 4.78 is 0. The second kappa shape index (κ2) is 23.0. The minimum absolute atomic E-state index is 0.0925. The normalized spacial score (nSPS) is 12.6. The Bertz CT molecular complexity index is 4900. The average molecular weight is 1190 g/mol. The Morgan fingerprint density at radius 2 is 0.479 bits per heavy atom. The predicted molar refractivity (Wildman–Crippen MR) is 397 cm³/mol. The van der Waals surface area contributed by atoms with Crippen molar-refractivity contribution in [1.82, 2.24) is 0 Å². The highest BCUT2D eigenvalue weighted by Gasteiger charge is 2.47. The highest BCUT2D eigenvalue weighted by atomic mass is 15.2. The lowest BCUT2D eigenvalue weighted by Crippen LogP contribution is -2.61. The van der Waals surface area contributed by atoms with Gasteiger partial charge in [0.1, 0.15) is 0 Å². The third-order valence-electron chi connectivity index (χ3n) is 19.7. The molecule has 3 aliphatic rings. The van der Waals surface area contributed by atoms with Crippen LogP contribution in [0.3, 0.4) is 0 Å². The van der Waals surface area contributed by atoms with Crippen LogP contribution in [-0.2, 0) is 0 Å². The summed E-state index contributed by atoms with van der Waals surface area (Å²) in [5.74, 6) is -0.0925. The van der Waals surface area contributed by atoms with Gasteiger partial charge in [-0.3, -0.25) is 0 Å². The summed E-state index contributed by atoms with van der Waals surface area (Å²) in [7, 11) is 0. The lowest BCUT2D eigenvalue weighted by atomic mass is 9.33. The second-order valence-electron chi connectivity index (χ2n) is 25.0. The van der Waals surface area contributed by atoms with Crippen LogP contribution in [0.4, 0.5) is 34.1 Å². The van der Waals surface area contributed by atoms with Gasteiger partial charge in [0.2, 0.25) is 0 Å². The molecule has 0 spiro atoms. The van der Waals surface area contributed by atoms with Gasteiger partial charge < -0.3 is 9.80 Å². The van der Waals surface area contributed by atoms with Gasteiger partial charge in [0.25, 0.3) is 6.71 Å². The van der Waals surface area contributed by atoms with Crippen molar-refractivity contribution in [2.45, 2.75) is 5.92 Å². The van der Waals surface area contributed by atoms with E-state index >= 15 is 0 Å². The molecule has 18 rings (SSSR count). The zero-order valence-corrected chi connectivity index (χ0v) is 51.7. The highest BCUT2D eigenvalue weighted by molar-refractivity contribution is 7.00. The molecule has 0 saturated carbocycles. The molecule has 0 radical (unpaired) electrons. The molecule has 15 aromatic carbocycles. The quantitative estimate of drug-likeness (QED) is 0.119. The molecule has 0 bridgehead atoms. The number of rotatable bonds is 11. The minimum atomic E-state index is -0.236. The molecule has 15 aromatic rings. The van der Waals surface area contributed by atoms with Gasteiger partial charge in [-0.25, -0.2) is 0 Å². The Balaban J connectivity index is 1.04. The Morgan fingerprint density at radius 1 is 0.202 bits per heavy atom. The number of hydrogen-bond donors (Lipinski definition) is 0. The van der Waals surface area contributed by atoms with E-state index < -0.39 is 0 Å². The molecule has 0 saturated heterocycles. The van der Waals surface area contributed by atoms with Crippen LogP contribution in [0.25, 0.3) is 100 Å². The fourth-order valence-electron chi connectivity index (χ4n) is 15.5. The van der Waals surface area contributed by atoms with Crippen molar-refractivity contribution in [3.63, 3.8) is 0 Å². The van der Waals surface area contributed by atoms with Gasteiger partial charge in [-0.15, -0.1) is 0 Å². The van der Waals surface area contributed by atoms with Crippen LogP contribution in [0.15, 0.2) is 364 Å². The third kappa shape index (κ3) is 9.27. The van der Waals surface area contributed by atoms with E-state index in [9.17, 15) is 0 Å². The molecular formula is C91H61BN2. The van der Waals surface area contributed by atoms with Gasteiger partial charge in [0, 0.05) is 50.9 Å². The average Bonchev–Trinajstić information content (AvgIpc) is 0.747. The lowest BCUT2D eigenvalue weighted by Gasteiger charge is -2.46. The summed E-state index contributed by atoms with van der Waals surface area (Å²) >= 11 is 0. The SMILES string of the molecule is c1ccc(-c2ccc3c(c2)B2c4cc(-c5ccccc5)ccc4N(c4c(-c5ccccc5)cc(-c5ccccc5)cc4-c4ccccc4)c4cc(C5c6ccccc6-c6ccccc65)cc(c42)N3c2c(-c3ccccc3)cc(-c3ccccc3)cc2-c2ccccc2)cc1. The Hall–Kier alpha value is -12.0. The zero-order valence-electron chi connectivity index (χ0n) is 51.7. The van der Waals surface area contributed by atoms with E-state index in [1.54, 1.807) is 0 Å². The molecule has 0 amide bonds. The summed E-state index contributed by atoms with van der Waals surface area (Å²) in [6.45, 7) is -0.236. The van der Waals surface area contributed by atoms with Crippen molar-refractivity contribution in [2.24, 2.45) is 0 Å². The van der Waals surface area contributed by atoms with Crippen molar-refractivity contribution in [2.75, 3.05) is 9.80 Å². The molecule has 0 atom stereocenters. The second-order valence-corrected chi connectivity index (χ2v) is 25.0. The molecule has 0 unspecified atom stereocenters. The molecule has 438 valence electrons. The molecule has 2 heterocycles. The monoisotopic (exact) mass is 1190 g/mol. The smallest absolute Gasteiger partial charge is 0.252 e. The first-order chi connectivity index (χ1) is 46.7. The van der Waals surface area contributed by atoms with Crippen LogP contribution in [0.1, 0.15) is 22.6 Å². The first-order valence-corrected chi connectivity index (χ1v) is 32.7. The van der Waals surface area contributed by atoms with Crippen LogP contribution in [-0.4, -0.2) is 6.71 Å². The number of benzene rings is 15. The van der Waals surface area contributed by atoms with E-state index in [2.05, 4.69) is 374 Å². The van der Waals surface area contributed by atoms with E-state index in [1.165, 1.54) is 66.5 Å². The van der Waals surface area contributed by atoms with E-state index in [1.807, 2.05) is 0 Å². The van der Waals surface area contributed by atoms with E-state index in [4.69, 9.17) is 0 Å². The molecule has 0 aromatic heterocycles. The summed E-state index contributed by atoms with van der Waals surface area (Å²) in [6, 6.07) is 136. The molecule has 3 heteroatoms. The Labute approximate surface area is 550 Å². The molecule has 1 aliphatic carbocycles. The van der Waals surface area contributed by atoms with Gasteiger partial charge in [-0.1, -0.05) is 315 Å². The molecule has 2 nitrogen and oxygen atoms in total. The van der Waals surface area contributed by atoms with Gasteiger partial charge in [0.15, 0.2) is 0 Å². The summed E-state index contributed by atoms with van der Waals surface area (Å²) in [4.78, 5) is 5.40. The maximum atomic E-state index is 2.70. The summed E-state index contributed by atoms with van der Waals surface area (Å²) in [5, 5.41) is 0. The summed E-state index contributed by atoms with van der Waals surface area (Å²) in [6.07, 6.45) is 0. The maximum absolute atomic E-state index is 2.70. The predicted octanol–water partition coefficient (Wildman–Crippen LogP) is 22.3. The maximum Gasteiger partial charge on any atom is 0.252 e. The van der Waals surface area contributed by atoms with Crippen LogP contribution in [0, 0.1) is 0 Å². The molecule has 0 N–H and O–H groups in total. The molecular weight excluding hydrogens is 1130 g/mol. The first kappa shape index (κ1) is 54.9. The van der Waals surface area contributed by atoms with Crippen LogP contribution in [0.5, 0.6) is 0 Å². The number of anilines is 6. The van der Waals surface area contributed by atoms with Gasteiger partial charge in [-0.05, 0) is 159 Å². The van der Waals surface area contributed by atoms with Crippen LogP contribution >= 0.6 is 0 Å². The highest BCUT2D eigenvalue weighted by Crippen LogP contribution is 2.57. The molecule has 94 heavy (non-hydrogen) atoms. The van der Waals surface area contributed by atoms with Gasteiger partial charge in [-0.2, -0.15) is 0 Å². The Morgan fingerprint density at radius 3 is 0.798 bits per heavy atom. The van der Waals surface area contributed by atoms with Gasteiger partial charge >= 0.3 is 0 Å². The standard InChI is InChI=1S/C91H61BN2/c1-9-29-61(30-10-1)69-49-51-84-82(57-69)92-83-58-70(62-31-11-2-12-32-62)50-52-85(83)94(91-80(67-41-21-7-22-42-67)55-72(64-35-15-4-16-36-64)56-81(91)68-43-23-8-24-44-68)87-60-73(88-76-47-27-25-45-74(76)75-46-26-28-48-77(75)88)59-86(89(87)92)93(84)90-78(65-37-17-5-18-38-65)53-71(63-33-13-3-14-34-63)54-79(90)66-39-19-6-20-40-66/h1-60,88H. The zero-order chi connectivity index (χ0) is 62.1.